The van der Waals surface area contributed by atoms with Crippen LogP contribution in [0.25, 0.3) is 0 Å². The first-order chi connectivity index (χ1) is 26.0. The summed E-state index contributed by atoms with van der Waals surface area (Å²) in [4.78, 5) is 37.5. The minimum Gasteiger partial charge on any atom is -0.462 e. The lowest BCUT2D eigenvalue weighted by Crippen LogP contribution is -2.30. The second-order valence-electron chi connectivity index (χ2n) is 13.6. The van der Waals surface area contributed by atoms with Gasteiger partial charge in [-0.25, -0.2) is 0 Å². The molecule has 0 aromatic carbocycles. The summed E-state index contributed by atoms with van der Waals surface area (Å²) in [6.07, 6.45) is 51.7. The number of carbonyl (C=O) groups is 3. The van der Waals surface area contributed by atoms with E-state index in [0.717, 1.165) is 83.5 Å². The van der Waals surface area contributed by atoms with Crippen molar-refractivity contribution in [2.75, 3.05) is 13.2 Å². The van der Waals surface area contributed by atoms with E-state index in [9.17, 15) is 14.4 Å². The van der Waals surface area contributed by atoms with Crippen LogP contribution in [-0.2, 0) is 28.6 Å². The average molecular weight is 737 g/mol. The Morgan fingerprint density at radius 2 is 0.887 bits per heavy atom. The third kappa shape index (κ3) is 39.6. The third-order valence-corrected chi connectivity index (χ3v) is 8.52. The average Bonchev–Trinajstić information content (AvgIpc) is 3.15. The highest BCUT2D eigenvalue weighted by molar-refractivity contribution is 5.72. The van der Waals surface area contributed by atoms with Crippen LogP contribution in [0.4, 0.5) is 0 Å². The summed E-state index contributed by atoms with van der Waals surface area (Å²) in [5.74, 6) is -1.08. The fraction of sp³-hybridized carbons (Fsp3) is 0.638. The molecule has 0 aromatic heterocycles. The van der Waals surface area contributed by atoms with Gasteiger partial charge in [-0.15, -0.1) is 0 Å². The molecular formula is C47H76O6. The molecule has 300 valence electrons. The Hall–Kier alpha value is -3.41. The van der Waals surface area contributed by atoms with Gasteiger partial charge in [0.15, 0.2) is 6.10 Å². The largest absolute Gasteiger partial charge is 0.462 e. The van der Waals surface area contributed by atoms with E-state index in [-0.39, 0.29) is 31.6 Å². The van der Waals surface area contributed by atoms with Gasteiger partial charge in [0.05, 0.1) is 6.42 Å². The molecule has 0 aliphatic carbocycles. The van der Waals surface area contributed by atoms with Gasteiger partial charge in [-0.1, -0.05) is 189 Å². The number of hydrogen-bond acceptors (Lipinski definition) is 6. The zero-order chi connectivity index (χ0) is 38.7. The van der Waals surface area contributed by atoms with Gasteiger partial charge in [-0.2, -0.15) is 0 Å². The standard InChI is InChI=1S/C47H76O6/c1-4-7-10-13-16-19-21-22-23-24-26-28-31-34-37-40-46(49)52-43-44(42-51-45(48)39-36-33-30-27-18-15-12-9-6-3)53-47(50)41-38-35-32-29-25-20-17-14-11-8-5-2/h7,9-10,12-13,16,18-19,21-23,27,33,36,44H,4-6,8,11,14-15,17,20,24-26,28-32,34-35,37-43H2,1-3H3/b10-7-,12-9-,16-13-,21-19-,23-22-,27-18-,36-33-. The molecule has 0 rings (SSSR count). The van der Waals surface area contributed by atoms with Crippen LogP contribution in [-0.4, -0.2) is 37.2 Å². The number of hydrogen-bond donors (Lipinski definition) is 0. The van der Waals surface area contributed by atoms with E-state index < -0.39 is 12.1 Å². The van der Waals surface area contributed by atoms with Gasteiger partial charge >= 0.3 is 17.9 Å². The van der Waals surface area contributed by atoms with E-state index >= 15 is 0 Å². The quantitative estimate of drug-likeness (QED) is 0.0209. The van der Waals surface area contributed by atoms with Gasteiger partial charge in [0, 0.05) is 12.8 Å². The van der Waals surface area contributed by atoms with Crippen molar-refractivity contribution in [1.82, 2.24) is 0 Å². The first-order valence-corrected chi connectivity index (χ1v) is 21.1. The highest BCUT2D eigenvalue weighted by Crippen LogP contribution is 2.13. The van der Waals surface area contributed by atoms with E-state index in [2.05, 4.69) is 69.4 Å². The van der Waals surface area contributed by atoms with Gasteiger partial charge in [-0.05, 0) is 51.4 Å². The summed E-state index contributed by atoms with van der Waals surface area (Å²) in [5.41, 5.74) is 0. The van der Waals surface area contributed by atoms with Crippen molar-refractivity contribution in [3.8, 4) is 0 Å². The summed E-state index contributed by atoms with van der Waals surface area (Å²) in [6, 6.07) is 0. The summed E-state index contributed by atoms with van der Waals surface area (Å²) in [6.45, 7) is 6.22. The molecule has 0 saturated heterocycles. The van der Waals surface area contributed by atoms with Crippen LogP contribution in [0, 0.1) is 0 Å². The highest BCUT2D eigenvalue weighted by Gasteiger charge is 2.19. The Kier molecular flexibility index (Phi) is 38.7. The van der Waals surface area contributed by atoms with Crippen molar-refractivity contribution in [2.24, 2.45) is 0 Å². The van der Waals surface area contributed by atoms with Crippen LogP contribution in [0.5, 0.6) is 0 Å². The van der Waals surface area contributed by atoms with Crippen molar-refractivity contribution in [1.29, 1.82) is 0 Å². The maximum Gasteiger partial charge on any atom is 0.309 e. The van der Waals surface area contributed by atoms with Crippen LogP contribution in [0.1, 0.15) is 175 Å². The Bertz CT molecular complexity index is 1080. The SMILES string of the molecule is CC\C=C/C=C\C=C/C=C\CCCCCCCC(=O)OCC(COC(=O)C/C=C\C/C=C\C/C=C\CC)OC(=O)CCCCCCCCCCCCC. The lowest BCUT2D eigenvalue weighted by molar-refractivity contribution is -0.166. The Labute approximate surface area is 325 Å². The second-order valence-corrected chi connectivity index (χ2v) is 13.6. The first-order valence-electron chi connectivity index (χ1n) is 21.1. The molecular weight excluding hydrogens is 661 g/mol. The van der Waals surface area contributed by atoms with Gasteiger partial charge in [0.25, 0.3) is 0 Å². The Morgan fingerprint density at radius 1 is 0.434 bits per heavy atom. The molecule has 0 bridgehead atoms. The lowest BCUT2D eigenvalue weighted by atomic mass is 10.1. The molecule has 0 spiro atoms. The first kappa shape index (κ1) is 49.6. The van der Waals surface area contributed by atoms with Gasteiger partial charge in [0.2, 0.25) is 0 Å². The van der Waals surface area contributed by atoms with Gasteiger partial charge < -0.3 is 14.2 Å². The van der Waals surface area contributed by atoms with E-state index in [4.69, 9.17) is 14.2 Å². The summed E-state index contributed by atoms with van der Waals surface area (Å²) < 4.78 is 16.5. The van der Waals surface area contributed by atoms with E-state index in [1.807, 2.05) is 30.4 Å². The molecule has 0 heterocycles. The molecule has 53 heavy (non-hydrogen) atoms. The Balaban J connectivity index is 4.48. The number of unbranched alkanes of at least 4 members (excludes halogenated alkanes) is 15. The van der Waals surface area contributed by atoms with Crippen molar-refractivity contribution in [2.45, 2.75) is 181 Å². The van der Waals surface area contributed by atoms with Gasteiger partial charge in [0.1, 0.15) is 13.2 Å². The molecule has 6 heteroatoms. The van der Waals surface area contributed by atoms with Crippen molar-refractivity contribution < 1.29 is 28.6 Å². The zero-order valence-corrected chi connectivity index (χ0v) is 34.0. The predicted octanol–water partition coefficient (Wildman–Crippen LogP) is 13.3. The van der Waals surface area contributed by atoms with Crippen LogP contribution in [0.15, 0.2) is 85.1 Å². The monoisotopic (exact) mass is 737 g/mol. The van der Waals surface area contributed by atoms with Gasteiger partial charge in [-0.3, -0.25) is 14.4 Å². The normalized spacial score (nSPS) is 12.9. The summed E-state index contributed by atoms with van der Waals surface area (Å²) in [7, 11) is 0. The maximum atomic E-state index is 12.7. The number of allylic oxidation sites excluding steroid dienone is 13. The lowest BCUT2D eigenvalue weighted by Gasteiger charge is -2.18. The molecule has 6 nitrogen and oxygen atoms in total. The third-order valence-electron chi connectivity index (χ3n) is 8.52. The van der Waals surface area contributed by atoms with Crippen LogP contribution >= 0.6 is 0 Å². The number of ether oxygens (including phenoxy) is 3. The van der Waals surface area contributed by atoms with Crippen LogP contribution in [0.2, 0.25) is 0 Å². The molecule has 0 N–H and O–H groups in total. The van der Waals surface area contributed by atoms with Crippen molar-refractivity contribution >= 4 is 17.9 Å². The summed E-state index contributed by atoms with van der Waals surface area (Å²) >= 11 is 0. The smallest absolute Gasteiger partial charge is 0.309 e. The molecule has 0 amide bonds. The van der Waals surface area contributed by atoms with E-state index in [0.29, 0.717) is 12.8 Å². The molecule has 1 unspecified atom stereocenters. The number of esters is 3. The minimum atomic E-state index is -0.817. The molecule has 0 saturated carbocycles. The molecule has 0 fully saturated rings. The molecule has 0 aliphatic rings. The second kappa shape index (κ2) is 41.3. The maximum absolute atomic E-state index is 12.7. The van der Waals surface area contributed by atoms with Crippen LogP contribution < -0.4 is 0 Å². The highest BCUT2D eigenvalue weighted by atomic mass is 16.6. The minimum absolute atomic E-state index is 0.116. The molecule has 0 aliphatic heterocycles. The number of rotatable bonds is 36. The predicted molar refractivity (Wildman–Crippen MR) is 224 cm³/mol. The van der Waals surface area contributed by atoms with E-state index in [1.54, 1.807) is 6.08 Å². The molecule has 0 radical (unpaired) electrons. The number of carbonyl (C=O) groups excluding carboxylic acids is 3. The van der Waals surface area contributed by atoms with Crippen molar-refractivity contribution in [3.63, 3.8) is 0 Å². The van der Waals surface area contributed by atoms with Crippen LogP contribution in [0.3, 0.4) is 0 Å². The fourth-order valence-corrected chi connectivity index (χ4v) is 5.39. The van der Waals surface area contributed by atoms with Crippen molar-refractivity contribution in [3.05, 3.63) is 85.1 Å². The topological polar surface area (TPSA) is 78.9 Å². The molecule has 0 aromatic rings. The summed E-state index contributed by atoms with van der Waals surface area (Å²) in [5, 5.41) is 0. The zero-order valence-electron chi connectivity index (χ0n) is 34.0. The fourth-order valence-electron chi connectivity index (χ4n) is 5.39. The Morgan fingerprint density at radius 3 is 1.47 bits per heavy atom. The molecule has 1 atom stereocenters. The van der Waals surface area contributed by atoms with E-state index in [1.165, 1.54) is 51.4 Å².